The lowest BCUT2D eigenvalue weighted by atomic mass is 10.0. The number of methoxy groups -OCH3 is 1. The minimum absolute atomic E-state index is 0.0991. The maximum Gasteiger partial charge on any atom is 0.328 e. The van der Waals surface area contributed by atoms with Gasteiger partial charge in [-0.1, -0.05) is 60.2 Å². The van der Waals surface area contributed by atoms with E-state index in [0.717, 1.165) is 16.7 Å². The molecule has 0 spiro atoms. The Kier molecular flexibility index (Phi) is 8.40. The van der Waals surface area contributed by atoms with E-state index in [2.05, 4.69) is 10.6 Å². The van der Waals surface area contributed by atoms with Gasteiger partial charge in [-0.05, 0) is 42.3 Å². The lowest BCUT2D eigenvalue weighted by molar-refractivity contribution is -0.145. The van der Waals surface area contributed by atoms with Crippen LogP contribution in [0.1, 0.15) is 27.0 Å². The molecule has 0 unspecified atom stereocenters. The van der Waals surface area contributed by atoms with Gasteiger partial charge in [0.25, 0.3) is 5.91 Å². The minimum atomic E-state index is -0.957. The van der Waals surface area contributed by atoms with E-state index >= 15 is 0 Å². The van der Waals surface area contributed by atoms with Gasteiger partial charge in [-0.2, -0.15) is 0 Å². The third kappa shape index (κ3) is 6.93. The number of amides is 2. The molecule has 7 heteroatoms. The Hall–Kier alpha value is -4.13. The van der Waals surface area contributed by atoms with Crippen molar-refractivity contribution in [1.29, 1.82) is 0 Å². The largest absolute Gasteiger partial charge is 0.508 e. The van der Waals surface area contributed by atoms with Crippen LogP contribution in [-0.4, -0.2) is 42.1 Å². The Morgan fingerprint density at radius 3 is 2.00 bits per heavy atom. The standard InChI is InChI=1S/C27H28N2O5/c1-18-8-12-21(13-9-18)25(31)28-23(16-20-10-14-22(30)15-11-20)26(32)29-24(27(33)34-2)17-19-6-4-3-5-7-19/h3-15,23-24,30H,16-17H2,1-2H3,(H,28,31)(H,29,32)/t23-,24-/m0/s1. The summed E-state index contributed by atoms with van der Waals surface area (Å²) in [6.07, 6.45) is 0.417. The molecule has 7 nitrogen and oxygen atoms in total. The minimum Gasteiger partial charge on any atom is -0.508 e. The number of rotatable bonds is 9. The molecule has 0 aliphatic rings. The van der Waals surface area contributed by atoms with E-state index in [-0.39, 0.29) is 18.6 Å². The Labute approximate surface area is 198 Å². The van der Waals surface area contributed by atoms with E-state index < -0.39 is 29.9 Å². The van der Waals surface area contributed by atoms with Gasteiger partial charge in [-0.3, -0.25) is 9.59 Å². The molecule has 2 atom stereocenters. The highest BCUT2D eigenvalue weighted by atomic mass is 16.5. The molecule has 0 bridgehead atoms. The molecule has 0 aliphatic carbocycles. The van der Waals surface area contributed by atoms with Crippen molar-refractivity contribution >= 4 is 17.8 Å². The van der Waals surface area contributed by atoms with Crippen molar-refractivity contribution in [2.75, 3.05) is 7.11 Å². The maximum atomic E-state index is 13.3. The van der Waals surface area contributed by atoms with Gasteiger partial charge in [-0.15, -0.1) is 0 Å². The fraction of sp³-hybridized carbons (Fsp3) is 0.222. The second kappa shape index (κ2) is 11.7. The van der Waals surface area contributed by atoms with E-state index in [9.17, 15) is 19.5 Å². The molecular weight excluding hydrogens is 432 g/mol. The number of esters is 1. The van der Waals surface area contributed by atoms with Gasteiger partial charge in [0.05, 0.1) is 7.11 Å². The maximum absolute atomic E-state index is 13.3. The molecule has 3 aromatic carbocycles. The predicted molar refractivity (Wildman–Crippen MR) is 128 cm³/mol. The summed E-state index contributed by atoms with van der Waals surface area (Å²) in [5, 5.41) is 15.1. The average Bonchev–Trinajstić information content (AvgIpc) is 2.85. The van der Waals surface area contributed by atoms with E-state index in [4.69, 9.17) is 4.74 Å². The molecule has 0 saturated carbocycles. The lowest BCUT2D eigenvalue weighted by Crippen LogP contribution is -2.53. The number of aryl methyl sites for hydroxylation is 1. The second-order valence-electron chi connectivity index (χ2n) is 8.04. The molecule has 176 valence electrons. The van der Waals surface area contributed by atoms with Crippen LogP contribution in [0.2, 0.25) is 0 Å². The number of hydrogen-bond donors (Lipinski definition) is 3. The van der Waals surface area contributed by atoms with Crippen LogP contribution in [0.5, 0.6) is 5.75 Å². The second-order valence-corrected chi connectivity index (χ2v) is 8.04. The highest BCUT2D eigenvalue weighted by Crippen LogP contribution is 2.13. The first-order valence-corrected chi connectivity index (χ1v) is 10.9. The monoisotopic (exact) mass is 460 g/mol. The molecule has 3 aromatic rings. The Balaban J connectivity index is 1.81. The number of carbonyl (C=O) groups excluding carboxylic acids is 3. The van der Waals surface area contributed by atoms with Crippen LogP contribution in [0.4, 0.5) is 0 Å². The van der Waals surface area contributed by atoms with Crippen LogP contribution >= 0.6 is 0 Å². The zero-order chi connectivity index (χ0) is 24.5. The Morgan fingerprint density at radius 1 is 0.794 bits per heavy atom. The molecule has 2 amide bonds. The fourth-order valence-electron chi connectivity index (χ4n) is 3.48. The van der Waals surface area contributed by atoms with Crippen molar-refractivity contribution in [1.82, 2.24) is 10.6 Å². The first kappa shape index (κ1) is 24.5. The van der Waals surface area contributed by atoms with Gasteiger partial charge in [-0.25, -0.2) is 4.79 Å². The molecule has 0 aromatic heterocycles. The highest BCUT2D eigenvalue weighted by molar-refractivity contribution is 5.98. The molecule has 34 heavy (non-hydrogen) atoms. The quantitative estimate of drug-likeness (QED) is 0.426. The normalized spacial score (nSPS) is 12.3. The molecule has 3 rings (SSSR count). The number of ether oxygens (including phenoxy) is 1. The zero-order valence-corrected chi connectivity index (χ0v) is 19.2. The van der Waals surface area contributed by atoms with Gasteiger partial charge in [0, 0.05) is 18.4 Å². The molecule has 0 aliphatic heterocycles. The number of phenolic OH excluding ortho intramolecular Hbond substituents is 1. The highest BCUT2D eigenvalue weighted by Gasteiger charge is 2.28. The van der Waals surface area contributed by atoms with Gasteiger partial charge in [0.2, 0.25) is 5.91 Å². The van der Waals surface area contributed by atoms with Crippen LogP contribution in [-0.2, 0) is 27.2 Å². The summed E-state index contributed by atoms with van der Waals surface area (Å²) >= 11 is 0. The van der Waals surface area contributed by atoms with E-state index in [0.29, 0.717) is 5.56 Å². The van der Waals surface area contributed by atoms with E-state index in [1.165, 1.54) is 19.2 Å². The smallest absolute Gasteiger partial charge is 0.328 e. The third-order valence-corrected chi connectivity index (χ3v) is 5.40. The number of aromatic hydroxyl groups is 1. The molecule has 0 fully saturated rings. The van der Waals surface area contributed by atoms with Crippen LogP contribution < -0.4 is 10.6 Å². The number of carbonyl (C=O) groups is 3. The van der Waals surface area contributed by atoms with Gasteiger partial charge in [0.1, 0.15) is 17.8 Å². The first-order chi connectivity index (χ1) is 16.4. The van der Waals surface area contributed by atoms with Crippen molar-refractivity contribution in [2.45, 2.75) is 31.8 Å². The molecule has 0 saturated heterocycles. The first-order valence-electron chi connectivity index (χ1n) is 10.9. The topological polar surface area (TPSA) is 105 Å². The summed E-state index contributed by atoms with van der Waals surface area (Å²) in [6, 6.07) is 20.8. The molecular formula is C27H28N2O5. The number of phenols is 1. The Bertz CT molecular complexity index is 1110. The summed E-state index contributed by atoms with van der Waals surface area (Å²) in [5.41, 5.74) is 3.02. The summed E-state index contributed by atoms with van der Waals surface area (Å²) < 4.78 is 4.89. The van der Waals surface area contributed by atoms with Crippen LogP contribution in [0.15, 0.2) is 78.9 Å². The van der Waals surface area contributed by atoms with Crippen LogP contribution in [0.25, 0.3) is 0 Å². The zero-order valence-electron chi connectivity index (χ0n) is 19.2. The lowest BCUT2D eigenvalue weighted by Gasteiger charge is -2.23. The van der Waals surface area contributed by atoms with Crippen LogP contribution in [0, 0.1) is 6.92 Å². The van der Waals surface area contributed by atoms with Crippen molar-refractivity contribution in [3.05, 3.63) is 101 Å². The predicted octanol–water partition coefficient (Wildman–Crippen LogP) is 2.94. The summed E-state index contributed by atoms with van der Waals surface area (Å²) in [7, 11) is 1.26. The molecule has 0 heterocycles. The average molecular weight is 461 g/mol. The number of benzene rings is 3. The fourth-order valence-corrected chi connectivity index (χ4v) is 3.48. The summed E-state index contributed by atoms with van der Waals surface area (Å²) in [6.45, 7) is 1.92. The van der Waals surface area contributed by atoms with Gasteiger partial charge >= 0.3 is 5.97 Å². The Morgan fingerprint density at radius 2 is 1.38 bits per heavy atom. The van der Waals surface area contributed by atoms with E-state index in [1.54, 1.807) is 24.3 Å². The van der Waals surface area contributed by atoms with E-state index in [1.807, 2.05) is 49.4 Å². The molecule has 0 radical (unpaired) electrons. The number of hydrogen-bond acceptors (Lipinski definition) is 5. The number of nitrogens with one attached hydrogen (secondary N) is 2. The van der Waals surface area contributed by atoms with Gasteiger partial charge < -0.3 is 20.5 Å². The van der Waals surface area contributed by atoms with Crippen molar-refractivity contribution < 1.29 is 24.2 Å². The van der Waals surface area contributed by atoms with Gasteiger partial charge in [0.15, 0.2) is 0 Å². The van der Waals surface area contributed by atoms with Crippen molar-refractivity contribution in [3.8, 4) is 5.75 Å². The SMILES string of the molecule is COC(=O)[C@H](Cc1ccccc1)NC(=O)[C@H](Cc1ccc(O)cc1)NC(=O)c1ccc(C)cc1. The van der Waals surface area contributed by atoms with Crippen molar-refractivity contribution in [3.63, 3.8) is 0 Å². The summed E-state index contributed by atoms with van der Waals surface area (Å²) in [5.74, 6) is -1.40. The van der Waals surface area contributed by atoms with Crippen molar-refractivity contribution in [2.24, 2.45) is 0 Å². The summed E-state index contributed by atoms with van der Waals surface area (Å²) in [4.78, 5) is 38.5. The van der Waals surface area contributed by atoms with Crippen LogP contribution in [0.3, 0.4) is 0 Å². The molecule has 3 N–H and O–H groups in total. The third-order valence-electron chi connectivity index (χ3n) is 5.40.